The molecule has 0 saturated carbocycles. The second kappa shape index (κ2) is 15.3. The molecule has 3 aromatic carbocycles. The zero-order valence-electron chi connectivity index (χ0n) is 25.2. The molecule has 1 aromatic heterocycles. The van der Waals surface area contributed by atoms with E-state index in [1.807, 2.05) is 22.6 Å². The smallest absolute Gasteiger partial charge is 0.349 e. The molecule has 0 bridgehead atoms. The summed E-state index contributed by atoms with van der Waals surface area (Å²) in [5.41, 5.74) is 0.625. The summed E-state index contributed by atoms with van der Waals surface area (Å²) in [5, 5.41) is 34.5. The van der Waals surface area contributed by atoms with Gasteiger partial charge in [-0.25, -0.2) is 4.79 Å². The first-order valence-electron chi connectivity index (χ1n) is 14.6. The van der Waals surface area contributed by atoms with Crippen molar-refractivity contribution in [2.75, 3.05) is 20.3 Å². The number of halogens is 2. The van der Waals surface area contributed by atoms with Crippen molar-refractivity contribution in [1.82, 2.24) is 10.2 Å². The van der Waals surface area contributed by atoms with Crippen LogP contribution in [0.25, 0.3) is 11.0 Å². The van der Waals surface area contributed by atoms with Crippen LogP contribution in [0.3, 0.4) is 0 Å². The standard InChI is InChI=1S/C34H32ClIN2O9/c1-45-29-13-20(18-40)12-25(36)31(29)46-28-16-22(32(42)37-10-11-39)15-26(30(28)41)38(17-19-6-8-23(35)9-7-19)33(43)24-14-21-4-2-3-5-27(21)47-34(24)44/h2-9,12-14,16,26,28,30,39-41H,10-11,15,17-18H2,1H3,(H,37,42). The van der Waals surface area contributed by atoms with E-state index in [0.717, 1.165) is 0 Å². The topological polar surface area (TPSA) is 159 Å². The van der Waals surface area contributed by atoms with Gasteiger partial charge in [-0.15, -0.1) is 0 Å². The van der Waals surface area contributed by atoms with Gasteiger partial charge < -0.3 is 39.4 Å². The number of carbonyl (C=O) groups is 2. The summed E-state index contributed by atoms with van der Waals surface area (Å²) in [6.45, 7) is -0.611. The van der Waals surface area contributed by atoms with Gasteiger partial charge in [-0.2, -0.15) is 0 Å². The van der Waals surface area contributed by atoms with E-state index in [9.17, 15) is 29.7 Å². The van der Waals surface area contributed by atoms with Gasteiger partial charge in [-0.1, -0.05) is 41.9 Å². The number of methoxy groups -OCH3 is 1. The SMILES string of the molecule is COc1cc(CO)cc(I)c1OC1C=C(C(=O)NCCO)CC(N(Cc2ccc(Cl)cc2)C(=O)c2cc3ccccc3oc2=O)C1O. The van der Waals surface area contributed by atoms with Gasteiger partial charge in [0.25, 0.3) is 5.91 Å². The minimum atomic E-state index is -1.40. The zero-order chi connectivity index (χ0) is 33.7. The average Bonchev–Trinajstić information content (AvgIpc) is 3.07. The summed E-state index contributed by atoms with van der Waals surface area (Å²) in [4.78, 5) is 42.1. The Bertz CT molecular complexity index is 1860. The largest absolute Gasteiger partial charge is 0.493 e. The first kappa shape index (κ1) is 34.4. The molecule has 0 fully saturated rings. The number of para-hydroxylation sites is 1. The van der Waals surface area contributed by atoms with Gasteiger partial charge in [-0.05, 0) is 76.2 Å². The number of benzene rings is 3. The number of nitrogens with zero attached hydrogens (tertiary/aromatic N) is 1. The Hall–Kier alpha value is -3.95. The second-order valence-corrected chi connectivity index (χ2v) is 12.4. The highest BCUT2D eigenvalue weighted by Crippen LogP contribution is 2.37. The third-order valence-corrected chi connectivity index (χ3v) is 8.79. The molecule has 4 aromatic rings. The van der Waals surface area contributed by atoms with E-state index < -0.39 is 35.7 Å². The number of fused-ring (bicyclic) bond motifs is 1. The Kier molecular flexibility index (Phi) is 11.2. The number of hydrogen-bond acceptors (Lipinski definition) is 9. The van der Waals surface area contributed by atoms with Gasteiger partial charge >= 0.3 is 5.63 Å². The van der Waals surface area contributed by atoms with Crippen molar-refractivity contribution in [1.29, 1.82) is 0 Å². The van der Waals surface area contributed by atoms with Crippen molar-refractivity contribution in [2.45, 2.75) is 37.8 Å². The summed E-state index contributed by atoms with van der Waals surface area (Å²) >= 11 is 8.14. The lowest BCUT2D eigenvalue weighted by molar-refractivity contribution is -0.118. The molecule has 2 amide bonds. The van der Waals surface area contributed by atoms with Crippen LogP contribution in [0.2, 0.25) is 5.02 Å². The van der Waals surface area contributed by atoms with Gasteiger partial charge in [0.15, 0.2) is 11.5 Å². The van der Waals surface area contributed by atoms with Crippen molar-refractivity contribution in [3.63, 3.8) is 0 Å². The highest BCUT2D eigenvalue weighted by atomic mass is 127. The zero-order valence-corrected chi connectivity index (χ0v) is 28.1. The Labute approximate surface area is 288 Å². The predicted octanol–water partition coefficient (Wildman–Crippen LogP) is 3.81. The number of hydrogen-bond donors (Lipinski definition) is 4. The van der Waals surface area contributed by atoms with Gasteiger partial charge in [0, 0.05) is 35.5 Å². The lowest BCUT2D eigenvalue weighted by Crippen LogP contribution is -2.55. The minimum Gasteiger partial charge on any atom is -0.493 e. The predicted molar refractivity (Wildman–Crippen MR) is 182 cm³/mol. The molecule has 47 heavy (non-hydrogen) atoms. The van der Waals surface area contributed by atoms with E-state index in [2.05, 4.69) is 5.32 Å². The second-order valence-electron chi connectivity index (χ2n) is 10.8. The third kappa shape index (κ3) is 7.79. The molecule has 1 heterocycles. The van der Waals surface area contributed by atoms with Crippen LogP contribution in [0.15, 0.2) is 87.6 Å². The molecule has 11 nitrogen and oxygen atoms in total. The molecule has 5 rings (SSSR count). The van der Waals surface area contributed by atoms with Gasteiger partial charge in [-0.3, -0.25) is 9.59 Å². The molecule has 3 atom stereocenters. The van der Waals surface area contributed by atoms with E-state index in [1.54, 1.807) is 60.7 Å². The quantitative estimate of drug-likeness (QED) is 0.131. The van der Waals surface area contributed by atoms with Gasteiger partial charge in [0.2, 0.25) is 5.91 Å². The van der Waals surface area contributed by atoms with Gasteiger partial charge in [0.05, 0.1) is 29.9 Å². The normalized spacial score (nSPS) is 17.6. The van der Waals surface area contributed by atoms with Gasteiger partial charge in [0.1, 0.15) is 23.4 Å². The van der Waals surface area contributed by atoms with Crippen molar-refractivity contribution < 1.29 is 38.8 Å². The Balaban J connectivity index is 1.60. The van der Waals surface area contributed by atoms with E-state index in [-0.39, 0.29) is 55.4 Å². The molecule has 0 spiro atoms. The van der Waals surface area contributed by atoms with E-state index in [1.165, 1.54) is 24.2 Å². The Morgan fingerprint density at radius 2 is 1.83 bits per heavy atom. The summed E-state index contributed by atoms with van der Waals surface area (Å²) in [6, 6.07) is 17.2. The van der Waals surface area contributed by atoms with Crippen molar-refractivity contribution in [3.05, 3.63) is 114 Å². The Morgan fingerprint density at radius 1 is 1.09 bits per heavy atom. The highest BCUT2D eigenvalue weighted by molar-refractivity contribution is 14.1. The maximum atomic E-state index is 14.4. The lowest BCUT2D eigenvalue weighted by atomic mass is 9.87. The molecule has 1 aliphatic rings. The lowest BCUT2D eigenvalue weighted by Gasteiger charge is -2.40. The van der Waals surface area contributed by atoms with Crippen molar-refractivity contribution in [3.8, 4) is 11.5 Å². The number of nitrogens with one attached hydrogen (secondary N) is 1. The number of rotatable bonds is 11. The molecule has 0 aliphatic heterocycles. The molecule has 1 aliphatic carbocycles. The Morgan fingerprint density at radius 3 is 2.53 bits per heavy atom. The van der Waals surface area contributed by atoms with Crippen LogP contribution in [-0.4, -0.2) is 70.5 Å². The number of aliphatic hydroxyl groups excluding tert-OH is 3. The summed E-state index contributed by atoms with van der Waals surface area (Å²) in [5.74, 6) is -0.699. The third-order valence-electron chi connectivity index (χ3n) is 7.74. The molecule has 246 valence electrons. The molecule has 0 saturated heterocycles. The molecule has 3 unspecified atom stereocenters. The van der Waals surface area contributed by atoms with Crippen molar-refractivity contribution in [2.24, 2.45) is 0 Å². The van der Waals surface area contributed by atoms with E-state index in [0.29, 0.717) is 30.7 Å². The van der Waals surface area contributed by atoms with Crippen LogP contribution in [0, 0.1) is 3.57 Å². The maximum absolute atomic E-state index is 14.4. The molecular weight excluding hydrogens is 743 g/mol. The molecular formula is C34H32ClIN2O9. The molecule has 0 radical (unpaired) electrons. The number of ether oxygens (including phenoxy) is 2. The van der Waals surface area contributed by atoms with Crippen LogP contribution in [-0.2, 0) is 17.9 Å². The van der Waals surface area contributed by atoms with E-state index in [4.69, 9.17) is 25.5 Å². The fourth-order valence-electron chi connectivity index (χ4n) is 5.39. The fourth-order valence-corrected chi connectivity index (χ4v) is 6.31. The maximum Gasteiger partial charge on any atom is 0.349 e. The fraction of sp³-hybridized carbons (Fsp3) is 0.265. The van der Waals surface area contributed by atoms with Crippen LogP contribution < -0.4 is 20.4 Å². The number of amides is 2. The van der Waals surface area contributed by atoms with Crippen LogP contribution in [0.5, 0.6) is 11.5 Å². The first-order chi connectivity index (χ1) is 22.6. The van der Waals surface area contributed by atoms with Crippen LogP contribution in [0.4, 0.5) is 0 Å². The highest BCUT2D eigenvalue weighted by Gasteiger charge is 2.42. The summed E-state index contributed by atoms with van der Waals surface area (Å²) < 4.78 is 17.9. The summed E-state index contributed by atoms with van der Waals surface area (Å²) in [7, 11) is 1.44. The van der Waals surface area contributed by atoms with Crippen LogP contribution in [0.1, 0.15) is 27.9 Å². The van der Waals surface area contributed by atoms with Crippen molar-refractivity contribution >= 4 is 57.0 Å². The van der Waals surface area contributed by atoms with E-state index >= 15 is 0 Å². The monoisotopic (exact) mass is 774 g/mol. The number of aliphatic hydroxyl groups is 3. The molecule has 13 heteroatoms. The number of carbonyl (C=O) groups excluding carboxylic acids is 2. The average molecular weight is 775 g/mol. The minimum absolute atomic E-state index is 0.0190. The summed E-state index contributed by atoms with van der Waals surface area (Å²) in [6.07, 6.45) is -1.20. The van der Waals surface area contributed by atoms with Crippen LogP contribution >= 0.6 is 34.2 Å². The molecule has 4 N–H and O–H groups in total. The first-order valence-corrected chi connectivity index (χ1v) is 16.1.